The molecule has 1 saturated heterocycles. The smallest absolute Gasteiger partial charge is 0.150 e. The van der Waals surface area contributed by atoms with E-state index in [0.29, 0.717) is 11.1 Å². The highest BCUT2D eigenvalue weighted by molar-refractivity contribution is 6.30. The van der Waals surface area contributed by atoms with Crippen LogP contribution in [0.3, 0.4) is 0 Å². The van der Waals surface area contributed by atoms with Crippen molar-refractivity contribution in [1.29, 1.82) is 0 Å². The van der Waals surface area contributed by atoms with Gasteiger partial charge in [-0.05, 0) is 38.8 Å². The van der Waals surface area contributed by atoms with E-state index in [4.69, 9.17) is 17.3 Å². The Labute approximate surface area is 107 Å². The number of halogens is 1. The maximum absolute atomic E-state index is 6.24. The number of hydrogen-bond acceptors (Lipinski definition) is 3. The third-order valence-corrected chi connectivity index (χ3v) is 4.23. The first-order valence-corrected chi connectivity index (χ1v) is 6.84. The van der Waals surface area contributed by atoms with Crippen LogP contribution in [-0.4, -0.2) is 28.7 Å². The highest BCUT2D eigenvalue weighted by atomic mass is 35.5. The maximum Gasteiger partial charge on any atom is 0.150 e. The van der Waals surface area contributed by atoms with Crippen LogP contribution in [0.4, 0.5) is 0 Å². The van der Waals surface area contributed by atoms with E-state index in [-0.39, 0.29) is 6.04 Å². The van der Waals surface area contributed by atoms with Crippen molar-refractivity contribution < 1.29 is 0 Å². The van der Waals surface area contributed by atoms with Gasteiger partial charge in [0.1, 0.15) is 5.82 Å². The molecule has 1 aromatic heterocycles. The van der Waals surface area contributed by atoms with Crippen LogP contribution in [0, 0.1) is 0 Å². The summed E-state index contributed by atoms with van der Waals surface area (Å²) in [6, 6.07) is 0.258. The fourth-order valence-corrected chi connectivity index (χ4v) is 3.24. The molecular weight excluding hydrogens is 236 g/mol. The average molecular weight is 255 g/mol. The van der Waals surface area contributed by atoms with E-state index < -0.39 is 0 Å². The standard InChI is InChI=1S/C12H19ClN4/c13-11-10-2-1-9(14)7-17(10)12(16-11)8-3-5-15-6-4-8/h8-9,15H,1-7,14H2. The van der Waals surface area contributed by atoms with Gasteiger partial charge in [0.25, 0.3) is 0 Å². The van der Waals surface area contributed by atoms with Gasteiger partial charge in [0.15, 0.2) is 5.15 Å². The van der Waals surface area contributed by atoms with Crippen molar-refractivity contribution >= 4 is 11.6 Å². The molecule has 0 saturated carbocycles. The highest BCUT2D eigenvalue weighted by Gasteiger charge is 2.27. The largest absolute Gasteiger partial charge is 0.329 e. The van der Waals surface area contributed by atoms with Crippen molar-refractivity contribution in [3.63, 3.8) is 0 Å². The number of imidazole rings is 1. The summed E-state index contributed by atoms with van der Waals surface area (Å²) < 4.78 is 2.28. The predicted molar refractivity (Wildman–Crippen MR) is 68.4 cm³/mol. The summed E-state index contributed by atoms with van der Waals surface area (Å²) in [6.07, 6.45) is 4.30. The van der Waals surface area contributed by atoms with Gasteiger partial charge in [-0.25, -0.2) is 4.98 Å². The Morgan fingerprint density at radius 1 is 1.29 bits per heavy atom. The number of rotatable bonds is 1. The van der Waals surface area contributed by atoms with Crippen LogP contribution in [0.15, 0.2) is 0 Å². The number of fused-ring (bicyclic) bond motifs is 1. The molecule has 0 amide bonds. The fraction of sp³-hybridized carbons (Fsp3) is 0.750. The zero-order valence-corrected chi connectivity index (χ0v) is 10.7. The van der Waals surface area contributed by atoms with Crippen LogP contribution in [0.1, 0.15) is 36.7 Å². The molecule has 1 unspecified atom stereocenters. The molecule has 3 heterocycles. The molecule has 5 heteroatoms. The van der Waals surface area contributed by atoms with E-state index in [2.05, 4.69) is 14.9 Å². The van der Waals surface area contributed by atoms with E-state index in [0.717, 1.165) is 45.3 Å². The van der Waals surface area contributed by atoms with Gasteiger partial charge in [0.2, 0.25) is 0 Å². The van der Waals surface area contributed by atoms with Crippen molar-refractivity contribution in [3.8, 4) is 0 Å². The van der Waals surface area contributed by atoms with Gasteiger partial charge in [0, 0.05) is 18.5 Å². The Balaban J connectivity index is 1.93. The minimum absolute atomic E-state index is 0.258. The summed E-state index contributed by atoms with van der Waals surface area (Å²) in [4.78, 5) is 4.60. The molecule has 0 bridgehead atoms. The number of nitrogens with zero attached hydrogens (tertiary/aromatic N) is 2. The first kappa shape index (κ1) is 11.5. The van der Waals surface area contributed by atoms with Gasteiger partial charge in [-0.1, -0.05) is 11.6 Å². The molecule has 3 N–H and O–H groups in total. The second-order valence-electron chi connectivity index (χ2n) is 5.14. The topological polar surface area (TPSA) is 55.9 Å². The van der Waals surface area contributed by atoms with E-state index >= 15 is 0 Å². The maximum atomic E-state index is 6.24. The quantitative estimate of drug-likeness (QED) is 0.794. The molecule has 0 spiro atoms. The SMILES string of the molecule is NC1CCc2c(Cl)nc(C3CCNCC3)n2C1. The highest BCUT2D eigenvalue weighted by Crippen LogP contribution is 2.31. The van der Waals surface area contributed by atoms with Crippen molar-refractivity contribution in [2.45, 2.75) is 44.2 Å². The van der Waals surface area contributed by atoms with Gasteiger partial charge < -0.3 is 15.6 Å². The molecule has 17 heavy (non-hydrogen) atoms. The normalized spacial score (nSPS) is 25.9. The number of nitrogens with one attached hydrogen (secondary N) is 1. The number of aromatic nitrogens is 2. The first-order chi connectivity index (χ1) is 8.25. The molecule has 1 atom stereocenters. The number of hydrogen-bond donors (Lipinski definition) is 2. The molecule has 0 aliphatic carbocycles. The summed E-state index contributed by atoms with van der Waals surface area (Å²) in [7, 11) is 0. The van der Waals surface area contributed by atoms with E-state index in [1.807, 2.05) is 0 Å². The van der Waals surface area contributed by atoms with Crippen molar-refractivity contribution in [1.82, 2.24) is 14.9 Å². The zero-order valence-electron chi connectivity index (χ0n) is 9.95. The van der Waals surface area contributed by atoms with Crippen molar-refractivity contribution in [2.24, 2.45) is 5.73 Å². The van der Waals surface area contributed by atoms with Gasteiger partial charge in [-0.2, -0.15) is 0 Å². The molecule has 3 rings (SSSR count). The Morgan fingerprint density at radius 3 is 2.82 bits per heavy atom. The van der Waals surface area contributed by atoms with E-state index in [1.165, 1.54) is 11.5 Å². The van der Waals surface area contributed by atoms with Crippen LogP contribution < -0.4 is 11.1 Å². The molecule has 0 aromatic carbocycles. The lowest BCUT2D eigenvalue weighted by atomic mass is 9.96. The molecule has 0 radical (unpaired) electrons. The summed E-state index contributed by atoms with van der Waals surface area (Å²) in [5, 5.41) is 4.08. The molecule has 1 aromatic rings. The van der Waals surface area contributed by atoms with Crippen molar-refractivity contribution in [2.75, 3.05) is 13.1 Å². The molecule has 94 valence electrons. The summed E-state index contributed by atoms with van der Waals surface area (Å²) in [5.74, 6) is 1.72. The van der Waals surface area contributed by atoms with Crippen LogP contribution in [0.5, 0.6) is 0 Å². The van der Waals surface area contributed by atoms with Gasteiger partial charge in [0.05, 0.1) is 5.69 Å². The Hall–Kier alpha value is -0.580. The lowest BCUT2D eigenvalue weighted by molar-refractivity contribution is 0.398. The minimum Gasteiger partial charge on any atom is -0.329 e. The third kappa shape index (κ3) is 2.09. The Bertz CT molecular complexity index is 409. The monoisotopic (exact) mass is 254 g/mol. The van der Waals surface area contributed by atoms with Gasteiger partial charge in [-0.3, -0.25) is 0 Å². The van der Waals surface area contributed by atoms with E-state index in [9.17, 15) is 0 Å². The summed E-state index contributed by atoms with van der Waals surface area (Å²) in [5.41, 5.74) is 7.25. The lowest BCUT2D eigenvalue weighted by Gasteiger charge is -2.27. The van der Waals surface area contributed by atoms with Crippen LogP contribution in [0.2, 0.25) is 5.15 Å². The molecule has 2 aliphatic rings. The van der Waals surface area contributed by atoms with Crippen LogP contribution in [-0.2, 0) is 13.0 Å². The second kappa shape index (κ2) is 4.59. The Morgan fingerprint density at radius 2 is 2.06 bits per heavy atom. The van der Waals surface area contributed by atoms with Crippen molar-refractivity contribution in [3.05, 3.63) is 16.7 Å². The minimum atomic E-state index is 0.258. The summed E-state index contributed by atoms with van der Waals surface area (Å²) in [6.45, 7) is 3.04. The van der Waals surface area contributed by atoms with Crippen LogP contribution >= 0.6 is 11.6 Å². The van der Waals surface area contributed by atoms with Gasteiger partial charge in [-0.15, -0.1) is 0 Å². The zero-order chi connectivity index (χ0) is 11.8. The predicted octanol–water partition coefficient (Wildman–Crippen LogP) is 1.28. The molecular formula is C12H19ClN4. The Kier molecular flexibility index (Phi) is 3.11. The lowest BCUT2D eigenvalue weighted by Crippen LogP contribution is -2.34. The third-order valence-electron chi connectivity index (χ3n) is 3.93. The molecule has 1 fully saturated rings. The van der Waals surface area contributed by atoms with E-state index in [1.54, 1.807) is 0 Å². The average Bonchev–Trinajstić information content (AvgIpc) is 2.67. The molecule has 4 nitrogen and oxygen atoms in total. The van der Waals surface area contributed by atoms with Gasteiger partial charge >= 0.3 is 0 Å². The summed E-state index contributed by atoms with van der Waals surface area (Å²) >= 11 is 6.24. The first-order valence-electron chi connectivity index (χ1n) is 6.47. The molecule has 2 aliphatic heterocycles. The van der Waals surface area contributed by atoms with Crippen LogP contribution in [0.25, 0.3) is 0 Å². The number of piperidine rings is 1. The number of nitrogens with two attached hydrogens (primary N) is 1. The fourth-order valence-electron chi connectivity index (χ4n) is 2.96. The second-order valence-corrected chi connectivity index (χ2v) is 5.50.